The number of methoxy groups -OCH3 is 1. The maximum Gasteiger partial charge on any atom is 0.251 e. The normalized spacial score (nSPS) is 10.4. The smallest absolute Gasteiger partial charge is 0.251 e. The highest BCUT2D eigenvalue weighted by Crippen LogP contribution is 2.16. The van der Waals surface area contributed by atoms with Crippen LogP contribution in [0.5, 0.6) is 0 Å². The lowest BCUT2D eigenvalue weighted by atomic mass is 10.1. The van der Waals surface area contributed by atoms with Gasteiger partial charge in [-0.3, -0.25) is 4.79 Å². The average molecular weight is 314 g/mol. The Morgan fingerprint density at radius 1 is 1.33 bits per heavy atom. The molecule has 0 aliphatic rings. The number of ether oxygens (including phenoxy) is 1. The third-order valence-corrected chi connectivity index (χ3v) is 3.62. The molecular formula is C14H20BrNO2. The van der Waals surface area contributed by atoms with Crippen molar-refractivity contribution in [3.8, 4) is 0 Å². The summed E-state index contributed by atoms with van der Waals surface area (Å²) in [4.78, 5) is 11.8. The molecule has 1 amide bonds. The number of unbranched alkanes of at least 4 members (excludes halogenated alkanes) is 2. The third kappa shape index (κ3) is 5.19. The summed E-state index contributed by atoms with van der Waals surface area (Å²) in [6.07, 6.45) is 3.11. The van der Waals surface area contributed by atoms with Gasteiger partial charge in [0.05, 0.1) is 0 Å². The summed E-state index contributed by atoms with van der Waals surface area (Å²) in [7, 11) is 1.71. The van der Waals surface area contributed by atoms with Crippen molar-refractivity contribution in [1.82, 2.24) is 5.32 Å². The lowest BCUT2D eigenvalue weighted by Gasteiger charge is -2.06. The molecule has 1 aromatic rings. The Kier molecular flexibility index (Phi) is 6.98. The third-order valence-electron chi connectivity index (χ3n) is 2.73. The van der Waals surface area contributed by atoms with E-state index in [0.717, 1.165) is 42.5 Å². The predicted octanol–water partition coefficient (Wildman–Crippen LogP) is 3.30. The molecule has 0 spiro atoms. The lowest BCUT2D eigenvalue weighted by molar-refractivity contribution is 0.0952. The van der Waals surface area contributed by atoms with Crippen molar-refractivity contribution in [2.75, 3.05) is 20.3 Å². The van der Waals surface area contributed by atoms with E-state index in [9.17, 15) is 4.79 Å². The molecule has 1 rings (SSSR count). The first-order valence-corrected chi connectivity index (χ1v) is 6.97. The molecule has 0 heterocycles. The van der Waals surface area contributed by atoms with Crippen molar-refractivity contribution in [3.63, 3.8) is 0 Å². The Balaban J connectivity index is 2.30. The molecule has 0 bridgehead atoms. The van der Waals surface area contributed by atoms with E-state index in [-0.39, 0.29) is 5.91 Å². The van der Waals surface area contributed by atoms with Crippen LogP contribution in [0.15, 0.2) is 22.7 Å². The van der Waals surface area contributed by atoms with Crippen molar-refractivity contribution in [3.05, 3.63) is 33.8 Å². The molecule has 0 aliphatic heterocycles. The van der Waals surface area contributed by atoms with Crippen LogP contribution < -0.4 is 5.32 Å². The average Bonchev–Trinajstić information content (AvgIpc) is 2.36. The lowest BCUT2D eigenvalue weighted by Crippen LogP contribution is -2.24. The van der Waals surface area contributed by atoms with E-state index in [1.807, 2.05) is 25.1 Å². The van der Waals surface area contributed by atoms with Crippen LogP contribution in [0.2, 0.25) is 0 Å². The quantitative estimate of drug-likeness (QED) is 0.784. The fourth-order valence-corrected chi connectivity index (χ4v) is 1.88. The molecule has 0 radical (unpaired) electrons. The summed E-state index contributed by atoms with van der Waals surface area (Å²) in [6.45, 7) is 3.49. The molecule has 0 saturated heterocycles. The molecule has 3 nitrogen and oxygen atoms in total. The molecule has 0 aliphatic carbocycles. The number of hydrogen-bond donors (Lipinski definition) is 1. The van der Waals surface area contributed by atoms with Crippen molar-refractivity contribution in [1.29, 1.82) is 0 Å². The summed E-state index contributed by atoms with van der Waals surface area (Å²) in [5.74, 6) is -0.00246. The maximum absolute atomic E-state index is 11.8. The van der Waals surface area contributed by atoms with E-state index in [2.05, 4.69) is 21.2 Å². The van der Waals surface area contributed by atoms with Gasteiger partial charge in [-0.05, 0) is 49.9 Å². The van der Waals surface area contributed by atoms with Gasteiger partial charge in [-0.1, -0.05) is 15.9 Å². The zero-order chi connectivity index (χ0) is 13.4. The molecular weight excluding hydrogens is 294 g/mol. The first kappa shape index (κ1) is 15.2. The number of aryl methyl sites for hydroxylation is 1. The molecule has 0 unspecified atom stereocenters. The highest BCUT2D eigenvalue weighted by molar-refractivity contribution is 9.10. The topological polar surface area (TPSA) is 38.3 Å². The summed E-state index contributed by atoms with van der Waals surface area (Å²) in [5, 5.41) is 2.93. The van der Waals surface area contributed by atoms with Crippen LogP contribution in [0, 0.1) is 6.92 Å². The number of benzene rings is 1. The van der Waals surface area contributed by atoms with Gasteiger partial charge in [-0.15, -0.1) is 0 Å². The minimum Gasteiger partial charge on any atom is -0.385 e. The van der Waals surface area contributed by atoms with Crippen molar-refractivity contribution in [2.45, 2.75) is 26.2 Å². The molecule has 0 saturated carbocycles. The van der Waals surface area contributed by atoms with E-state index in [1.54, 1.807) is 7.11 Å². The van der Waals surface area contributed by atoms with Gasteiger partial charge in [0.1, 0.15) is 0 Å². The van der Waals surface area contributed by atoms with Gasteiger partial charge in [0.15, 0.2) is 0 Å². The Morgan fingerprint density at radius 3 is 2.78 bits per heavy atom. The summed E-state index contributed by atoms with van der Waals surface area (Å²) >= 11 is 3.42. The number of hydrogen-bond acceptors (Lipinski definition) is 2. The molecule has 18 heavy (non-hydrogen) atoms. The minimum atomic E-state index is -0.00246. The van der Waals surface area contributed by atoms with E-state index in [0.29, 0.717) is 5.56 Å². The van der Waals surface area contributed by atoms with Gasteiger partial charge in [-0.25, -0.2) is 0 Å². The van der Waals surface area contributed by atoms with Crippen LogP contribution in [0.4, 0.5) is 0 Å². The summed E-state index contributed by atoms with van der Waals surface area (Å²) in [5.41, 5.74) is 1.79. The van der Waals surface area contributed by atoms with E-state index >= 15 is 0 Å². The van der Waals surface area contributed by atoms with Gasteiger partial charge >= 0.3 is 0 Å². The largest absolute Gasteiger partial charge is 0.385 e. The first-order chi connectivity index (χ1) is 8.65. The van der Waals surface area contributed by atoms with Gasteiger partial charge in [-0.2, -0.15) is 0 Å². The Bertz CT molecular complexity index is 393. The van der Waals surface area contributed by atoms with Crippen LogP contribution in [0.3, 0.4) is 0 Å². The second kappa shape index (κ2) is 8.27. The Hall–Kier alpha value is -0.870. The zero-order valence-electron chi connectivity index (χ0n) is 11.0. The van der Waals surface area contributed by atoms with Crippen molar-refractivity contribution in [2.24, 2.45) is 0 Å². The summed E-state index contributed by atoms with van der Waals surface area (Å²) < 4.78 is 6.00. The monoisotopic (exact) mass is 313 g/mol. The molecule has 0 aromatic heterocycles. The number of carbonyl (C=O) groups is 1. The molecule has 100 valence electrons. The van der Waals surface area contributed by atoms with Crippen molar-refractivity contribution >= 4 is 21.8 Å². The molecule has 1 aromatic carbocycles. The van der Waals surface area contributed by atoms with Crippen molar-refractivity contribution < 1.29 is 9.53 Å². The van der Waals surface area contributed by atoms with E-state index in [1.165, 1.54) is 0 Å². The van der Waals surface area contributed by atoms with Crippen LogP contribution in [0.1, 0.15) is 35.2 Å². The Morgan fingerprint density at radius 2 is 2.11 bits per heavy atom. The highest BCUT2D eigenvalue weighted by atomic mass is 79.9. The van der Waals surface area contributed by atoms with E-state index < -0.39 is 0 Å². The SMILES string of the molecule is COCCCCCNC(=O)c1ccc(Br)c(C)c1. The second-order valence-corrected chi connectivity index (χ2v) is 5.13. The predicted molar refractivity (Wildman–Crippen MR) is 76.9 cm³/mol. The number of carbonyl (C=O) groups excluding carboxylic acids is 1. The highest BCUT2D eigenvalue weighted by Gasteiger charge is 2.05. The second-order valence-electron chi connectivity index (χ2n) is 4.27. The molecule has 1 N–H and O–H groups in total. The summed E-state index contributed by atoms with van der Waals surface area (Å²) in [6, 6.07) is 5.63. The minimum absolute atomic E-state index is 0.00246. The van der Waals surface area contributed by atoms with Crippen LogP contribution in [0.25, 0.3) is 0 Å². The standard InChI is InChI=1S/C14H20BrNO2/c1-11-10-12(6-7-13(11)15)14(17)16-8-4-3-5-9-18-2/h6-7,10H,3-5,8-9H2,1-2H3,(H,16,17). The fourth-order valence-electron chi connectivity index (χ4n) is 1.64. The number of rotatable bonds is 7. The van der Waals surface area contributed by atoms with Gasteiger partial charge < -0.3 is 10.1 Å². The van der Waals surface area contributed by atoms with Crippen LogP contribution in [-0.4, -0.2) is 26.2 Å². The Labute approximate surface area is 117 Å². The molecule has 0 atom stereocenters. The zero-order valence-corrected chi connectivity index (χ0v) is 12.5. The van der Waals surface area contributed by atoms with Crippen LogP contribution >= 0.6 is 15.9 Å². The molecule has 0 fully saturated rings. The first-order valence-electron chi connectivity index (χ1n) is 6.18. The maximum atomic E-state index is 11.8. The molecule has 4 heteroatoms. The van der Waals surface area contributed by atoms with E-state index in [4.69, 9.17) is 4.74 Å². The number of amides is 1. The number of halogens is 1. The number of nitrogens with one attached hydrogen (secondary N) is 1. The van der Waals surface area contributed by atoms with Gasteiger partial charge in [0, 0.05) is 30.3 Å². The van der Waals surface area contributed by atoms with Gasteiger partial charge in [0.2, 0.25) is 0 Å². The van der Waals surface area contributed by atoms with Gasteiger partial charge in [0.25, 0.3) is 5.91 Å². The van der Waals surface area contributed by atoms with Crippen LogP contribution in [-0.2, 0) is 4.74 Å². The fraction of sp³-hybridized carbons (Fsp3) is 0.500.